The van der Waals surface area contributed by atoms with Crippen LogP contribution in [0.1, 0.15) is 25.0 Å². The van der Waals surface area contributed by atoms with Crippen molar-refractivity contribution in [3.8, 4) is 5.75 Å². The number of para-hydroxylation sites is 1. The molecule has 3 aromatic rings. The highest BCUT2D eigenvalue weighted by Gasteiger charge is 2.59. The molecule has 1 unspecified atom stereocenters. The fourth-order valence-electron chi connectivity index (χ4n) is 5.61. The molecule has 0 saturated carbocycles. The monoisotopic (exact) mass is 577 g/mol. The molecule has 0 aromatic heterocycles. The standard InChI is InChI=1S/C30H32BrN3O4/c1-29(2)25-9-5-6-10-26(25)34(14-18-37-17-13-33(11-15-35)12-16-36)30(29)21-32-27-24-8-4-3-7-22(24)19-23(20-31)28(27)38-30/h3-10,15-16,19,21H,11-14,17-18,20H2,1-2H3. The predicted octanol–water partition coefficient (Wildman–Crippen LogP) is 5.04. The lowest BCUT2D eigenvalue weighted by Gasteiger charge is -2.46. The predicted molar refractivity (Wildman–Crippen MR) is 154 cm³/mol. The first-order valence-corrected chi connectivity index (χ1v) is 14.0. The van der Waals surface area contributed by atoms with E-state index in [4.69, 9.17) is 14.5 Å². The number of aliphatic imine (C=N–C) groups is 1. The lowest BCUT2D eigenvalue weighted by atomic mass is 9.77. The Morgan fingerprint density at radius 3 is 2.55 bits per heavy atom. The third kappa shape index (κ3) is 4.44. The van der Waals surface area contributed by atoms with Crippen LogP contribution < -0.4 is 9.64 Å². The number of hydrogen-bond donors (Lipinski definition) is 0. The Balaban J connectivity index is 1.45. The normalized spacial score (nSPS) is 19.0. The van der Waals surface area contributed by atoms with E-state index in [-0.39, 0.29) is 13.1 Å². The highest BCUT2D eigenvalue weighted by Crippen LogP contribution is 2.55. The number of nitrogens with zero attached hydrogens (tertiary/aromatic N) is 3. The summed E-state index contributed by atoms with van der Waals surface area (Å²) in [4.78, 5) is 30.8. The highest BCUT2D eigenvalue weighted by molar-refractivity contribution is 9.08. The van der Waals surface area contributed by atoms with Gasteiger partial charge in [-0.15, -0.1) is 0 Å². The van der Waals surface area contributed by atoms with Gasteiger partial charge in [0.15, 0.2) is 5.75 Å². The second-order valence-corrected chi connectivity index (χ2v) is 10.7. The number of hydrogen-bond acceptors (Lipinski definition) is 7. The molecule has 198 valence electrons. The average Bonchev–Trinajstić information content (AvgIpc) is 3.11. The number of benzene rings is 3. The number of anilines is 1. The zero-order valence-electron chi connectivity index (χ0n) is 21.7. The number of carbonyl (C=O) groups excluding carboxylic acids is 2. The van der Waals surface area contributed by atoms with Crippen LogP contribution in [-0.4, -0.2) is 68.8 Å². The van der Waals surface area contributed by atoms with Crippen LogP contribution in [0.15, 0.2) is 59.6 Å². The number of alkyl halides is 1. The summed E-state index contributed by atoms with van der Waals surface area (Å²) in [6.45, 7) is 6.81. The second-order valence-electron chi connectivity index (χ2n) is 10.1. The van der Waals surface area contributed by atoms with E-state index < -0.39 is 11.1 Å². The first kappa shape index (κ1) is 26.5. The lowest BCUT2D eigenvalue weighted by molar-refractivity contribution is -0.111. The molecule has 5 rings (SSSR count). The van der Waals surface area contributed by atoms with Gasteiger partial charge in [-0.25, -0.2) is 0 Å². The number of aldehydes is 2. The van der Waals surface area contributed by atoms with Gasteiger partial charge in [-0.2, -0.15) is 0 Å². The molecular formula is C30H32BrN3O4. The fraction of sp³-hybridized carbons (Fsp3) is 0.367. The number of ether oxygens (including phenoxy) is 2. The quantitative estimate of drug-likeness (QED) is 0.181. The minimum Gasteiger partial charge on any atom is -0.459 e. The summed E-state index contributed by atoms with van der Waals surface area (Å²) >= 11 is 3.67. The molecule has 1 spiro atoms. The van der Waals surface area contributed by atoms with Crippen molar-refractivity contribution in [1.29, 1.82) is 0 Å². The molecule has 8 heteroatoms. The second kappa shape index (κ2) is 11.0. The molecule has 2 aliphatic heterocycles. The number of rotatable bonds is 11. The Labute approximate surface area is 231 Å². The average molecular weight is 579 g/mol. The van der Waals surface area contributed by atoms with Gasteiger partial charge >= 0.3 is 0 Å². The van der Waals surface area contributed by atoms with Crippen molar-refractivity contribution in [3.63, 3.8) is 0 Å². The maximum atomic E-state index is 10.9. The van der Waals surface area contributed by atoms with Crippen LogP contribution in [-0.2, 0) is 25.1 Å². The molecule has 3 aromatic carbocycles. The summed E-state index contributed by atoms with van der Waals surface area (Å²) in [7, 11) is 0. The van der Waals surface area contributed by atoms with E-state index in [1.165, 1.54) is 5.56 Å². The van der Waals surface area contributed by atoms with Crippen molar-refractivity contribution in [2.24, 2.45) is 4.99 Å². The van der Waals surface area contributed by atoms with E-state index in [0.717, 1.165) is 46.0 Å². The molecule has 0 fully saturated rings. The Hall–Kier alpha value is -3.07. The topological polar surface area (TPSA) is 71.4 Å². The Morgan fingerprint density at radius 1 is 1.05 bits per heavy atom. The molecule has 0 radical (unpaired) electrons. The molecule has 0 N–H and O–H groups in total. The molecule has 7 nitrogen and oxygen atoms in total. The van der Waals surface area contributed by atoms with E-state index in [1.54, 1.807) is 4.90 Å². The Kier molecular flexibility index (Phi) is 7.66. The molecule has 1 atom stereocenters. The van der Waals surface area contributed by atoms with Gasteiger partial charge in [0.05, 0.1) is 37.9 Å². The van der Waals surface area contributed by atoms with Crippen molar-refractivity contribution in [2.45, 2.75) is 30.3 Å². The first-order valence-electron chi connectivity index (χ1n) is 12.9. The summed E-state index contributed by atoms with van der Waals surface area (Å²) in [6.07, 6.45) is 3.58. The lowest BCUT2D eigenvalue weighted by Crippen LogP contribution is -2.63. The molecule has 0 bridgehead atoms. The molecule has 0 amide bonds. The van der Waals surface area contributed by atoms with Gasteiger partial charge in [-0.05, 0) is 36.9 Å². The molecule has 0 saturated heterocycles. The van der Waals surface area contributed by atoms with Crippen molar-refractivity contribution in [1.82, 2.24) is 4.90 Å². The summed E-state index contributed by atoms with van der Waals surface area (Å²) in [6, 6.07) is 18.8. The van der Waals surface area contributed by atoms with Gasteiger partial charge in [0, 0.05) is 35.1 Å². The van der Waals surface area contributed by atoms with Crippen LogP contribution in [0.3, 0.4) is 0 Å². The van der Waals surface area contributed by atoms with Crippen LogP contribution in [0.25, 0.3) is 10.8 Å². The molecular weight excluding hydrogens is 546 g/mol. The van der Waals surface area contributed by atoms with Crippen molar-refractivity contribution in [3.05, 3.63) is 65.7 Å². The van der Waals surface area contributed by atoms with Gasteiger partial charge in [0.1, 0.15) is 18.3 Å². The van der Waals surface area contributed by atoms with Crippen molar-refractivity contribution >= 4 is 56.9 Å². The number of halogens is 1. The van der Waals surface area contributed by atoms with Crippen molar-refractivity contribution in [2.75, 3.05) is 44.3 Å². The van der Waals surface area contributed by atoms with Gasteiger partial charge in [-0.1, -0.05) is 58.4 Å². The van der Waals surface area contributed by atoms with E-state index in [0.29, 0.717) is 31.6 Å². The first-order chi connectivity index (χ1) is 18.5. The van der Waals surface area contributed by atoms with E-state index in [9.17, 15) is 9.59 Å². The van der Waals surface area contributed by atoms with Crippen LogP contribution in [0.4, 0.5) is 11.4 Å². The summed E-state index contributed by atoms with van der Waals surface area (Å²) in [5, 5.41) is 2.85. The highest BCUT2D eigenvalue weighted by atomic mass is 79.9. The molecule has 38 heavy (non-hydrogen) atoms. The number of fused-ring (bicyclic) bond motifs is 4. The van der Waals surface area contributed by atoms with Crippen LogP contribution in [0, 0.1) is 0 Å². The smallest absolute Gasteiger partial charge is 0.229 e. The maximum absolute atomic E-state index is 10.9. The third-order valence-corrected chi connectivity index (χ3v) is 8.27. The molecule has 2 aliphatic rings. The van der Waals surface area contributed by atoms with Gasteiger partial charge in [0.25, 0.3) is 0 Å². The zero-order chi connectivity index (χ0) is 26.8. The zero-order valence-corrected chi connectivity index (χ0v) is 23.3. The van der Waals surface area contributed by atoms with Crippen LogP contribution >= 0.6 is 15.9 Å². The van der Waals surface area contributed by atoms with Gasteiger partial charge < -0.3 is 24.0 Å². The molecule has 2 heterocycles. The van der Waals surface area contributed by atoms with Gasteiger partial charge in [0.2, 0.25) is 5.72 Å². The van der Waals surface area contributed by atoms with Gasteiger partial charge in [-0.3, -0.25) is 9.89 Å². The minimum absolute atomic E-state index is 0.215. The third-order valence-electron chi connectivity index (χ3n) is 7.66. The SMILES string of the molecule is CC1(C)c2ccccc2N(CCOCCN(CC=O)CC=O)C12C=Nc1c(c(CBr)cc3ccccc13)O2. The fourth-order valence-corrected chi connectivity index (χ4v) is 6.02. The Morgan fingerprint density at radius 2 is 1.79 bits per heavy atom. The van der Waals surface area contributed by atoms with E-state index >= 15 is 0 Å². The van der Waals surface area contributed by atoms with E-state index in [1.807, 2.05) is 24.4 Å². The van der Waals surface area contributed by atoms with E-state index in [2.05, 4.69) is 71.1 Å². The van der Waals surface area contributed by atoms with Crippen LogP contribution in [0.2, 0.25) is 0 Å². The van der Waals surface area contributed by atoms with Crippen molar-refractivity contribution < 1.29 is 19.1 Å². The minimum atomic E-state index is -0.840. The Bertz CT molecular complexity index is 1360. The largest absolute Gasteiger partial charge is 0.459 e. The maximum Gasteiger partial charge on any atom is 0.229 e. The summed E-state index contributed by atoms with van der Waals surface area (Å²) < 4.78 is 13.1. The summed E-state index contributed by atoms with van der Waals surface area (Å²) in [5.41, 5.74) is 2.97. The summed E-state index contributed by atoms with van der Waals surface area (Å²) in [5.74, 6) is 0.799. The number of carbonyl (C=O) groups is 2. The van der Waals surface area contributed by atoms with Crippen LogP contribution in [0.5, 0.6) is 5.75 Å². The molecule has 0 aliphatic carbocycles.